The molecule has 1 aliphatic rings. The van der Waals surface area contributed by atoms with Gasteiger partial charge in [0, 0.05) is 5.56 Å². The molecular formula is C11H11F3N2O. The van der Waals surface area contributed by atoms with Gasteiger partial charge >= 0.3 is 6.18 Å². The Bertz CT molecular complexity index is 443. The molecule has 1 aromatic rings. The summed E-state index contributed by atoms with van der Waals surface area (Å²) in [5.41, 5.74) is 4.74. The van der Waals surface area contributed by atoms with E-state index in [1.54, 1.807) is 6.07 Å². The molecule has 2 N–H and O–H groups in total. The SMILES string of the molecule is NCC1=NCC(c2ccccc2C(F)(F)F)O1. The van der Waals surface area contributed by atoms with Crippen molar-refractivity contribution in [2.45, 2.75) is 12.3 Å². The van der Waals surface area contributed by atoms with E-state index < -0.39 is 17.8 Å². The third-order valence-corrected chi connectivity index (χ3v) is 2.50. The highest BCUT2D eigenvalue weighted by Gasteiger charge is 2.36. The summed E-state index contributed by atoms with van der Waals surface area (Å²) in [6, 6.07) is 5.35. The van der Waals surface area contributed by atoms with Gasteiger partial charge < -0.3 is 10.5 Å². The first-order valence-electron chi connectivity index (χ1n) is 5.08. The maximum Gasteiger partial charge on any atom is 0.416 e. The number of rotatable bonds is 2. The summed E-state index contributed by atoms with van der Waals surface area (Å²) < 4.78 is 43.5. The summed E-state index contributed by atoms with van der Waals surface area (Å²) in [6.45, 7) is 0.282. The second-order valence-corrected chi connectivity index (χ2v) is 3.63. The molecule has 0 saturated carbocycles. The fraction of sp³-hybridized carbons (Fsp3) is 0.364. The van der Waals surface area contributed by atoms with Gasteiger partial charge in [-0.2, -0.15) is 13.2 Å². The Labute approximate surface area is 96.1 Å². The van der Waals surface area contributed by atoms with E-state index in [-0.39, 0.29) is 18.7 Å². The lowest BCUT2D eigenvalue weighted by molar-refractivity contribution is -0.139. The van der Waals surface area contributed by atoms with E-state index in [0.29, 0.717) is 5.90 Å². The van der Waals surface area contributed by atoms with Crippen LogP contribution in [0.3, 0.4) is 0 Å². The van der Waals surface area contributed by atoms with Gasteiger partial charge in [-0.1, -0.05) is 18.2 Å². The average Bonchev–Trinajstić information content (AvgIpc) is 2.76. The van der Waals surface area contributed by atoms with E-state index in [2.05, 4.69) is 4.99 Å². The van der Waals surface area contributed by atoms with Crippen molar-refractivity contribution in [3.8, 4) is 0 Å². The molecule has 1 unspecified atom stereocenters. The van der Waals surface area contributed by atoms with Crippen molar-refractivity contribution in [3.63, 3.8) is 0 Å². The Morgan fingerprint density at radius 3 is 2.65 bits per heavy atom. The van der Waals surface area contributed by atoms with Crippen LogP contribution in [0.4, 0.5) is 13.2 Å². The number of benzene rings is 1. The molecule has 1 aliphatic heterocycles. The quantitative estimate of drug-likeness (QED) is 0.866. The molecule has 1 aromatic carbocycles. The van der Waals surface area contributed by atoms with E-state index in [1.807, 2.05) is 0 Å². The number of nitrogens with zero attached hydrogens (tertiary/aromatic N) is 1. The minimum absolute atomic E-state index is 0.102. The lowest BCUT2D eigenvalue weighted by Crippen LogP contribution is -2.17. The maximum absolute atomic E-state index is 12.8. The molecule has 17 heavy (non-hydrogen) atoms. The zero-order valence-corrected chi connectivity index (χ0v) is 8.87. The standard InChI is InChI=1S/C11H11F3N2O/c12-11(13,14)8-4-2-1-3-7(8)9-6-16-10(5-15)17-9/h1-4,9H,5-6,15H2. The predicted octanol–water partition coefficient (Wildman–Crippen LogP) is 2.13. The smallest absolute Gasteiger partial charge is 0.416 e. The first-order valence-corrected chi connectivity index (χ1v) is 5.08. The molecule has 92 valence electrons. The van der Waals surface area contributed by atoms with Crippen LogP contribution in [0.2, 0.25) is 0 Å². The molecule has 0 spiro atoms. The van der Waals surface area contributed by atoms with Crippen LogP contribution in [0.5, 0.6) is 0 Å². The Kier molecular flexibility index (Phi) is 3.06. The number of ether oxygens (including phenoxy) is 1. The molecule has 0 bridgehead atoms. The molecule has 2 rings (SSSR count). The van der Waals surface area contributed by atoms with E-state index in [1.165, 1.54) is 12.1 Å². The van der Waals surface area contributed by atoms with Gasteiger partial charge in [-0.25, -0.2) is 0 Å². The Morgan fingerprint density at radius 1 is 1.35 bits per heavy atom. The molecule has 1 heterocycles. The largest absolute Gasteiger partial charge is 0.470 e. The topological polar surface area (TPSA) is 47.6 Å². The maximum atomic E-state index is 12.8. The summed E-state index contributed by atoms with van der Waals surface area (Å²) >= 11 is 0. The van der Waals surface area contributed by atoms with Crippen molar-refractivity contribution in [1.82, 2.24) is 0 Å². The van der Waals surface area contributed by atoms with Crippen LogP contribution in [0.15, 0.2) is 29.3 Å². The first-order chi connectivity index (χ1) is 8.02. The number of hydrogen-bond acceptors (Lipinski definition) is 3. The second-order valence-electron chi connectivity index (χ2n) is 3.63. The second kappa shape index (κ2) is 4.37. The number of hydrogen-bond donors (Lipinski definition) is 1. The van der Waals surface area contributed by atoms with Crippen molar-refractivity contribution in [3.05, 3.63) is 35.4 Å². The van der Waals surface area contributed by atoms with E-state index >= 15 is 0 Å². The van der Waals surface area contributed by atoms with Gasteiger partial charge in [0.05, 0.1) is 18.7 Å². The van der Waals surface area contributed by atoms with Crippen molar-refractivity contribution in [2.75, 3.05) is 13.1 Å². The van der Waals surface area contributed by atoms with Crippen molar-refractivity contribution in [1.29, 1.82) is 0 Å². The molecule has 0 aliphatic carbocycles. The summed E-state index contributed by atoms with van der Waals surface area (Å²) in [5.74, 6) is 0.298. The van der Waals surface area contributed by atoms with Crippen LogP contribution in [-0.4, -0.2) is 19.0 Å². The van der Waals surface area contributed by atoms with Crippen LogP contribution in [0.25, 0.3) is 0 Å². The fourth-order valence-corrected chi connectivity index (χ4v) is 1.73. The number of halogens is 3. The molecule has 1 atom stereocenters. The van der Waals surface area contributed by atoms with Crippen molar-refractivity contribution < 1.29 is 17.9 Å². The predicted molar refractivity (Wildman–Crippen MR) is 56.6 cm³/mol. The van der Waals surface area contributed by atoms with Gasteiger partial charge in [0.1, 0.15) is 6.10 Å². The van der Waals surface area contributed by atoms with Crippen LogP contribution in [0, 0.1) is 0 Å². The molecule has 0 radical (unpaired) electrons. The van der Waals surface area contributed by atoms with Gasteiger partial charge in [0.2, 0.25) is 0 Å². The van der Waals surface area contributed by atoms with Crippen LogP contribution < -0.4 is 5.73 Å². The highest BCUT2D eigenvalue weighted by Crippen LogP contribution is 2.36. The average molecular weight is 244 g/mol. The highest BCUT2D eigenvalue weighted by atomic mass is 19.4. The third-order valence-electron chi connectivity index (χ3n) is 2.50. The number of aliphatic imine (C=N–C) groups is 1. The Balaban J connectivity index is 2.29. The zero-order chi connectivity index (χ0) is 12.5. The molecule has 0 aromatic heterocycles. The summed E-state index contributed by atoms with van der Waals surface area (Å²) in [6.07, 6.45) is -5.07. The number of nitrogens with two attached hydrogens (primary N) is 1. The molecular weight excluding hydrogens is 233 g/mol. The Hall–Kier alpha value is -1.56. The number of alkyl halides is 3. The third kappa shape index (κ3) is 2.41. The van der Waals surface area contributed by atoms with Crippen LogP contribution >= 0.6 is 0 Å². The lowest BCUT2D eigenvalue weighted by atomic mass is 10.0. The molecule has 0 fully saturated rings. The monoisotopic (exact) mass is 244 g/mol. The summed E-state index contributed by atoms with van der Waals surface area (Å²) in [4.78, 5) is 3.94. The van der Waals surface area contributed by atoms with Gasteiger partial charge in [0.15, 0.2) is 5.90 Å². The summed E-state index contributed by atoms with van der Waals surface area (Å²) in [5, 5.41) is 0. The normalized spacial score (nSPS) is 20.0. The molecule has 0 amide bonds. The fourth-order valence-electron chi connectivity index (χ4n) is 1.73. The minimum Gasteiger partial charge on any atom is -0.470 e. The van der Waals surface area contributed by atoms with Crippen molar-refractivity contribution in [2.24, 2.45) is 10.7 Å². The van der Waals surface area contributed by atoms with Crippen LogP contribution in [-0.2, 0) is 10.9 Å². The molecule has 6 heteroatoms. The van der Waals surface area contributed by atoms with Gasteiger partial charge in [-0.3, -0.25) is 4.99 Å². The molecule has 0 saturated heterocycles. The van der Waals surface area contributed by atoms with Gasteiger partial charge in [0.25, 0.3) is 0 Å². The summed E-state index contributed by atoms with van der Waals surface area (Å²) in [7, 11) is 0. The van der Waals surface area contributed by atoms with Gasteiger partial charge in [-0.05, 0) is 6.07 Å². The van der Waals surface area contributed by atoms with Crippen molar-refractivity contribution >= 4 is 5.90 Å². The minimum atomic E-state index is -4.38. The molecule has 3 nitrogen and oxygen atoms in total. The Morgan fingerprint density at radius 2 is 2.06 bits per heavy atom. The van der Waals surface area contributed by atoms with E-state index in [9.17, 15) is 13.2 Å². The van der Waals surface area contributed by atoms with E-state index in [0.717, 1.165) is 6.07 Å². The first kappa shape index (κ1) is 11.9. The lowest BCUT2D eigenvalue weighted by Gasteiger charge is -2.17. The zero-order valence-electron chi connectivity index (χ0n) is 8.87. The van der Waals surface area contributed by atoms with Crippen LogP contribution in [0.1, 0.15) is 17.2 Å². The van der Waals surface area contributed by atoms with E-state index in [4.69, 9.17) is 10.5 Å². The highest BCUT2D eigenvalue weighted by molar-refractivity contribution is 5.79. The van der Waals surface area contributed by atoms with Gasteiger partial charge in [-0.15, -0.1) is 0 Å².